The lowest BCUT2D eigenvalue weighted by molar-refractivity contribution is -0.137. The van der Waals surface area contributed by atoms with E-state index in [2.05, 4.69) is 10.2 Å². The lowest BCUT2D eigenvalue weighted by atomic mass is 10.0. The van der Waals surface area contributed by atoms with Gasteiger partial charge in [-0.3, -0.25) is 19.2 Å². The van der Waals surface area contributed by atoms with Gasteiger partial charge in [0.25, 0.3) is 0 Å². The molecule has 1 saturated heterocycles. The molecule has 0 bridgehead atoms. The molecule has 0 saturated carbocycles. The highest BCUT2D eigenvalue weighted by Gasteiger charge is 2.39. The normalized spacial score (nSPS) is 21.9. The van der Waals surface area contributed by atoms with Crippen LogP contribution in [0.4, 0.5) is 0 Å². The molecule has 13 heteroatoms. The Morgan fingerprint density at radius 1 is 0.963 bits per heavy atom. The van der Waals surface area contributed by atoms with Gasteiger partial charge in [-0.25, -0.2) is 10.9 Å². The number of nitrogens with one attached hydrogen (secondary N) is 2. The molecule has 0 aromatic heterocycles. The molecule has 0 radical (unpaired) electrons. The maximum absolute atomic E-state index is 11.4. The van der Waals surface area contributed by atoms with E-state index in [1.807, 2.05) is 10.9 Å². The van der Waals surface area contributed by atoms with Gasteiger partial charge in [0.15, 0.2) is 6.23 Å². The largest absolute Gasteiger partial charge is 0.361 e. The van der Waals surface area contributed by atoms with Crippen LogP contribution in [0.25, 0.3) is 0 Å². The SMILES string of the molecule is NC(=O)C(=O)NN=C1/C(=N\NC(=O)C(N)=O)[C@H](N)O[C@@H]1c1ccccc1Cl. The van der Waals surface area contributed by atoms with Crippen molar-refractivity contribution in [1.82, 2.24) is 10.9 Å². The van der Waals surface area contributed by atoms with Crippen molar-refractivity contribution < 1.29 is 23.9 Å². The number of hydrazone groups is 2. The zero-order valence-corrected chi connectivity index (χ0v) is 14.3. The quantitative estimate of drug-likeness (QED) is 0.278. The van der Waals surface area contributed by atoms with Crippen molar-refractivity contribution in [3.63, 3.8) is 0 Å². The number of benzene rings is 1. The average Bonchev–Trinajstić information content (AvgIpc) is 2.93. The molecule has 8 N–H and O–H groups in total. The molecular formula is C14H14ClN7O5. The Morgan fingerprint density at radius 3 is 2.00 bits per heavy atom. The number of rotatable bonds is 3. The topological polar surface area (TPSA) is 204 Å². The van der Waals surface area contributed by atoms with Crippen LogP contribution in [0, 0.1) is 0 Å². The summed E-state index contributed by atoms with van der Waals surface area (Å²) in [5, 5.41) is 7.71. The van der Waals surface area contributed by atoms with Gasteiger partial charge in [-0.15, -0.1) is 0 Å². The number of amides is 4. The molecule has 0 aliphatic carbocycles. The molecule has 1 fully saturated rings. The lowest BCUT2D eigenvalue weighted by Gasteiger charge is -2.12. The Labute approximate surface area is 156 Å². The molecule has 142 valence electrons. The van der Waals surface area contributed by atoms with Gasteiger partial charge in [-0.2, -0.15) is 10.2 Å². The highest BCUT2D eigenvalue weighted by atomic mass is 35.5. The van der Waals surface area contributed by atoms with Crippen molar-refractivity contribution >= 4 is 46.7 Å². The number of hydrogen-bond donors (Lipinski definition) is 5. The van der Waals surface area contributed by atoms with Gasteiger partial charge < -0.3 is 21.9 Å². The van der Waals surface area contributed by atoms with Gasteiger partial charge in [-0.05, 0) is 6.07 Å². The van der Waals surface area contributed by atoms with E-state index in [0.29, 0.717) is 10.6 Å². The molecule has 2 atom stereocenters. The highest BCUT2D eigenvalue weighted by Crippen LogP contribution is 2.32. The molecule has 27 heavy (non-hydrogen) atoms. The van der Waals surface area contributed by atoms with Gasteiger partial charge in [0.05, 0.1) is 0 Å². The molecule has 0 spiro atoms. The zero-order chi connectivity index (χ0) is 20.1. The molecule has 0 unspecified atom stereocenters. The maximum atomic E-state index is 11.4. The van der Waals surface area contributed by atoms with Crippen LogP contribution in [-0.4, -0.2) is 41.3 Å². The summed E-state index contributed by atoms with van der Waals surface area (Å²) < 4.78 is 5.54. The standard InChI is InChI=1S/C14H14ClN7O5/c15-6-4-2-1-3-5(6)9-7(19-21-13(25)10(16)23)8(12(18)27-9)20-22-14(26)11(17)24/h1-4,9,12H,18H2,(H2,16,23)(H2,17,24)(H,21,25)(H,22,26)/b19-7?,20-8+/t9-,12-/m1/s1. The van der Waals surface area contributed by atoms with E-state index >= 15 is 0 Å². The van der Waals surface area contributed by atoms with E-state index in [1.165, 1.54) is 0 Å². The summed E-state index contributed by atoms with van der Waals surface area (Å²) in [6.07, 6.45) is -2.20. The summed E-state index contributed by atoms with van der Waals surface area (Å²) in [5.74, 6) is -4.98. The van der Waals surface area contributed by atoms with Gasteiger partial charge in [0.2, 0.25) is 0 Å². The van der Waals surface area contributed by atoms with Crippen LogP contribution in [0.3, 0.4) is 0 Å². The van der Waals surface area contributed by atoms with E-state index in [-0.39, 0.29) is 11.4 Å². The second-order valence-electron chi connectivity index (χ2n) is 5.06. The van der Waals surface area contributed by atoms with Crippen LogP contribution in [0.1, 0.15) is 11.7 Å². The summed E-state index contributed by atoms with van der Waals surface area (Å²) in [6, 6.07) is 6.53. The Balaban J connectivity index is 2.44. The fourth-order valence-electron chi connectivity index (χ4n) is 2.03. The molecule has 1 heterocycles. The second kappa shape index (κ2) is 8.35. The number of ether oxygens (including phenoxy) is 1. The van der Waals surface area contributed by atoms with E-state index in [0.717, 1.165) is 0 Å². The maximum Gasteiger partial charge on any atom is 0.329 e. The van der Waals surface area contributed by atoms with E-state index in [4.69, 9.17) is 33.5 Å². The smallest absolute Gasteiger partial charge is 0.329 e. The van der Waals surface area contributed by atoms with Crippen molar-refractivity contribution in [3.05, 3.63) is 34.9 Å². The van der Waals surface area contributed by atoms with Crippen LogP contribution in [0.2, 0.25) is 5.02 Å². The van der Waals surface area contributed by atoms with E-state index < -0.39 is 36.0 Å². The predicted molar refractivity (Wildman–Crippen MR) is 92.8 cm³/mol. The van der Waals surface area contributed by atoms with Gasteiger partial charge >= 0.3 is 23.6 Å². The minimum atomic E-state index is -1.28. The van der Waals surface area contributed by atoms with Crippen LogP contribution in [-0.2, 0) is 23.9 Å². The summed E-state index contributed by atoms with van der Waals surface area (Å²) in [6.45, 7) is 0. The van der Waals surface area contributed by atoms with Crippen LogP contribution < -0.4 is 28.1 Å². The summed E-state index contributed by atoms with van der Waals surface area (Å²) in [4.78, 5) is 44.4. The molecule has 1 aliphatic heterocycles. The Morgan fingerprint density at radius 2 is 1.48 bits per heavy atom. The summed E-state index contributed by atoms with van der Waals surface area (Å²) >= 11 is 6.14. The molecule has 12 nitrogen and oxygen atoms in total. The lowest BCUT2D eigenvalue weighted by Crippen LogP contribution is -2.38. The van der Waals surface area contributed by atoms with Crippen molar-refractivity contribution in [2.45, 2.75) is 12.3 Å². The number of carbonyl (C=O) groups excluding carboxylic acids is 4. The first-order chi connectivity index (χ1) is 12.7. The molecule has 1 aromatic carbocycles. The van der Waals surface area contributed by atoms with Crippen molar-refractivity contribution in [3.8, 4) is 0 Å². The monoisotopic (exact) mass is 395 g/mol. The van der Waals surface area contributed by atoms with Gasteiger partial charge in [-0.1, -0.05) is 29.8 Å². The third kappa shape index (κ3) is 4.63. The number of nitrogens with two attached hydrogens (primary N) is 3. The number of halogens is 1. The van der Waals surface area contributed by atoms with Crippen molar-refractivity contribution in [2.75, 3.05) is 0 Å². The first kappa shape index (κ1) is 20.0. The van der Waals surface area contributed by atoms with Crippen LogP contribution in [0.15, 0.2) is 34.5 Å². The average molecular weight is 396 g/mol. The molecule has 1 aliphatic rings. The summed E-state index contributed by atoms with van der Waals surface area (Å²) in [5.41, 5.74) is 19.5. The first-order valence-electron chi connectivity index (χ1n) is 7.23. The number of primary amides is 2. The number of hydrogen-bond acceptors (Lipinski definition) is 8. The second-order valence-corrected chi connectivity index (χ2v) is 5.47. The zero-order valence-electron chi connectivity index (χ0n) is 13.5. The van der Waals surface area contributed by atoms with Crippen LogP contribution >= 0.6 is 11.6 Å². The fourth-order valence-corrected chi connectivity index (χ4v) is 2.27. The molecule has 2 rings (SSSR count). The summed E-state index contributed by atoms with van der Waals surface area (Å²) in [7, 11) is 0. The van der Waals surface area contributed by atoms with E-state index in [1.54, 1.807) is 24.3 Å². The van der Waals surface area contributed by atoms with Crippen molar-refractivity contribution in [1.29, 1.82) is 0 Å². The fraction of sp³-hybridized carbons (Fsp3) is 0.143. The Hall–Kier alpha value is -3.35. The van der Waals surface area contributed by atoms with E-state index in [9.17, 15) is 19.2 Å². The van der Waals surface area contributed by atoms with Crippen molar-refractivity contribution in [2.24, 2.45) is 27.4 Å². The van der Waals surface area contributed by atoms with Crippen LogP contribution in [0.5, 0.6) is 0 Å². The highest BCUT2D eigenvalue weighted by molar-refractivity contribution is 6.48. The predicted octanol–water partition coefficient (Wildman–Crippen LogP) is -2.39. The third-order valence-corrected chi connectivity index (χ3v) is 3.60. The van der Waals surface area contributed by atoms with Gasteiger partial charge in [0, 0.05) is 10.6 Å². The minimum Gasteiger partial charge on any atom is -0.361 e. The minimum absolute atomic E-state index is 0.0741. The van der Waals surface area contributed by atoms with Gasteiger partial charge in [0.1, 0.15) is 17.5 Å². The Bertz CT molecular complexity index is 869. The number of nitrogens with zero attached hydrogens (tertiary/aromatic N) is 2. The molecular weight excluding hydrogens is 382 g/mol. The Kier molecular flexibility index (Phi) is 6.18. The molecule has 4 amide bonds. The first-order valence-corrected chi connectivity index (χ1v) is 7.60. The molecule has 1 aromatic rings. The number of carbonyl (C=O) groups is 4. The third-order valence-electron chi connectivity index (χ3n) is 3.25.